The van der Waals surface area contributed by atoms with E-state index in [-0.39, 0.29) is 11.3 Å². The van der Waals surface area contributed by atoms with Gasteiger partial charge >= 0.3 is 11.9 Å². The lowest BCUT2D eigenvalue weighted by molar-refractivity contribution is -0.139. The molecule has 0 aliphatic carbocycles. The lowest BCUT2D eigenvalue weighted by Gasteiger charge is -2.25. The molecule has 24 heavy (non-hydrogen) atoms. The summed E-state index contributed by atoms with van der Waals surface area (Å²) in [6.45, 7) is 2.04. The van der Waals surface area contributed by atoms with Gasteiger partial charge in [-0.3, -0.25) is 0 Å². The van der Waals surface area contributed by atoms with Crippen molar-refractivity contribution in [1.82, 2.24) is 0 Å². The first-order valence-electron chi connectivity index (χ1n) is 7.36. The summed E-state index contributed by atoms with van der Waals surface area (Å²) < 4.78 is 10.8. The Bertz CT molecular complexity index is 749. The van der Waals surface area contributed by atoms with Gasteiger partial charge < -0.3 is 14.4 Å². The number of allylic oxidation sites excluding steroid dienone is 2. The van der Waals surface area contributed by atoms with Crippen LogP contribution in [-0.4, -0.2) is 26.2 Å². The van der Waals surface area contributed by atoms with Gasteiger partial charge in [0.05, 0.1) is 19.8 Å². The highest BCUT2D eigenvalue weighted by Crippen LogP contribution is 2.30. The molecule has 0 amide bonds. The molecule has 0 spiro atoms. The predicted molar refractivity (Wildman–Crippen MR) is 100 cm³/mol. The van der Waals surface area contributed by atoms with Gasteiger partial charge in [0.2, 0.25) is 0 Å². The SMILES string of the molecule is CCc1cc(I)ccc1N1C=CC=CC(C(=O)OC)=C1C(=O)OC. The number of halogens is 1. The van der Waals surface area contributed by atoms with Crippen LogP contribution in [0.15, 0.2) is 53.9 Å². The quantitative estimate of drug-likeness (QED) is 0.532. The number of carbonyl (C=O) groups excluding carboxylic acids is 2. The highest BCUT2D eigenvalue weighted by Gasteiger charge is 2.28. The minimum Gasteiger partial charge on any atom is -0.465 e. The van der Waals surface area contributed by atoms with Gasteiger partial charge in [0.25, 0.3) is 0 Å². The van der Waals surface area contributed by atoms with Crippen LogP contribution in [0.3, 0.4) is 0 Å². The van der Waals surface area contributed by atoms with E-state index in [0.717, 1.165) is 21.2 Å². The van der Waals surface area contributed by atoms with Crippen LogP contribution in [0.4, 0.5) is 5.69 Å². The molecule has 1 aliphatic rings. The molecule has 2 rings (SSSR count). The average molecular weight is 439 g/mol. The molecule has 1 aromatic rings. The maximum absolute atomic E-state index is 12.4. The number of rotatable bonds is 4. The first-order valence-corrected chi connectivity index (χ1v) is 8.44. The zero-order valence-corrected chi connectivity index (χ0v) is 15.9. The first kappa shape index (κ1) is 18.3. The summed E-state index contributed by atoms with van der Waals surface area (Å²) in [4.78, 5) is 26.2. The molecule has 0 N–H and O–H groups in total. The van der Waals surface area contributed by atoms with Crippen LogP contribution in [0.1, 0.15) is 12.5 Å². The third-order valence-electron chi connectivity index (χ3n) is 3.57. The molecule has 0 aromatic heterocycles. The molecular formula is C18H18INO4. The zero-order valence-electron chi connectivity index (χ0n) is 13.7. The average Bonchev–Trinajstić information content (AvgIpc) is 2.82. The van der Waals surface area contributed by atoms with Gasteiger partial charge in [0, 0.05) is 15.5 Å². The summed E-state index contributed by atoms with van der Waals surface area (Å²) >= 11 is 2.24. The van der Waals surface area contributed by atoms with Crippen molar-refractivity contribution in [2.45, 2.75) is 13.3 Å². The molecule has 0 bridgehead atoms. The van der Waals surface area contributed by atoms with E-state index in [1.807, 2.05) is 19.1 Å². The summed E-state index contributed by atoms with van der Waals surface area (Å²) in [5.41, 5.74) is 2.15. The number of hydrogen-bond acceptors (Lipinski definition) is 5. The van der Waals surface area contributed by atoms with E-state index in [4.69, 9.17) is 9.47 Å². The summed E-state index contributed by atoms with van der Waals surface area (Å²) in [5, 5.41) is 0. The molecule has 1 heterocycles. The van der Waals surface area contributed by atoms with Crippen molar-refractivity contribution in [2.24, 2.45) is 0 Å². The standard InChI is InChI=1S/C18H18INO4/c1-4-12-11-13(19)8-9-15(12)20-10-6-5-7-14(17(21)23-2)16(20)18(22)24-3/h5-11H,4H2,1-3H3. The summed E-state index contributed by atoms with van der Waals surface area (Å²) in [6.07, 6.45) is 7.52. The van der Waals surface area contributed by atoms with Gasteiger partial charge in [-0.2, -0.15) is 0 Å². The van der Waals surface area contributed by atoms with E-state index in [9.17, 15) is 9.59 Å². The Balaban J connectivity index is 2.70. The Labute approximate surface area is 154 Å². The van der Waals surface area contributed by atoms with Gasteiger partial charge in [-0.15, -0.1) is 0 Å². The Kier molecular flexibility index (Phi) is 6.19. The number of anilines is 1. The number of esters is 2. The monoisotopic (exact) mass is 439 g/mol. The lowest BCUT2D eigenvalue weighted by Crippen LogP contribution is -2.27. The molecule has 0 unspecified atom stereocenters. The summed E-state index contributed by atoms with van der Waals surface area (Å²) in [7, 11) is 2.57. The Morgan fingerprint density at radius 2 is 1.83 bits per heavy atom. The molecule has 0 saturated carbocycles. The highest BCUT2D eigenvalue weighted by atomic mass is 127. The van der Waals surface area contributed by atoms with Gasteiger partial charge in [0.1, 0.15) is 5.70 Å². The third-order valence-corrected chi connectivity index (χ3v) is 4.24. The molecule has 0 radical (unpaired) electrons. The van der Waals surface area contributed by atoms with Gasteiger partial charge in [-0.25, -0.2) is 9.59 Å². The van der Waals surface area contributed by atoms with Crippen molar-refractivity contribution >= 4 is 40.2 Å². The fourth-order valence-corrected chi connectivity index (χ4v) is 2.98. The van der Waals surface area contributed by atoms with Crippen molar-refractivity contribution < 1.29 is 19.1 Å². The van der Waals surface area contributed by atoms with Crippen molar-refractivity contribution in [2.75, 3.05) is 19.1 Å². The zero-order chi connectivity index (χ0) is 17.7. The molecule has 0 saturated heterocycles. The number of aryl methyl sites for hydroxylation is 1. The molecule has 5 nitrogen and oxygen atoms in total. The van der Waals surface area contributed by atoms with Crippen LogP contribution in [0.5, 0.6) is 0 Å². The fourth-order valence-electron chi connectivity index (χ4n) is 2.42. The second-order valence-electron chi connectivity index (χ2n) is 4.94. The van der Waals surface area contributed by atoms with E-state index < -0.39 is 11.9 Å². The van der Waals surface area contributed by atoms with Crippen molar-refractivity contribution in [3.63, 3.8) is 0 Å². The van der Waals surface area contributed by atoms with E-state index in [0.29, 0.717) is 0 Å². The van der Waals surface area contributed by atoms with Gasteiger partial charge in [-0.05, 0) is 64.9 Å². The Morgan fingerprint density at radius 1 is 1.12 bits per heavy atom. The maximum Gasteiger partial charge on any atom is 0.355 e. The number of benzene rings is 1. The summed E-state index contributed by atoms with van der Waals surface area (Å²) in [6, 6.07) is 5.93. The predicted octanol–water partition coefficient (Wildman–Crippen LogP) is 3.34. The van der Waals surface area contributed by atoms with Crippen LogP contribution in [0.25, 0.3) is 0 Å². The molecule has 0 atom stereocenters. The number of methoxy groups -OCH3 is 2. The number of ether oxygens (including phenoxy) is 2. The number of nitrogens with zero attached hydrogens (tertiary/aromatic N) is 1. The highest BCUT2D eigenvalue weighted by molar-refractivity contribution is 14.1. The maximum atomic E-state index is 12.4. The van der Waals surface area contributed by atoms with Crippen LogP contribution >= 0.6 is 22.6 Å². The van der Waals surface area contributed by atoms with Crippen molar-refractivity contribution in [3.05, 3.63) is 63.0 Å². The third kappa shape index (κ3) is 3.69. The van der Waals surface area contributed by atoms with Crippen molar-refractivity contribution in [3.8, 4) is 0 Å². The van der Waals surface area contributed by atoms with Gasteiger partial charge in [0.15, 0.2) is 0 Å². The number of hydrogen-bond donors (Lipinski definition) is 0. The number of carbonyl (C=O) groups is 2. The van der Waals surface area contributed by atoms with E-state index in [2.05, 4.69) is 28.7 Å². The fraction of sp³-hybridized carbons (Fsp3) is 0.222. The summed E-state index contributed by atoms with van der Waals surface area (Å²) in [5.74, 6) is -1.20. The van der Waals surface area contributed by atoms with E-state index in [1.165, 1.54) is 14.2 Å². The second-order valence-corrected chi connectivity index (χ2v) is 6.19. The first-order chi connectivity index (χ1) is 11.5. The van der Waals surface area contributed by atoms with Crippen LogP contribution in [0, 0.1) is 3.57 Å². The topological polar surface area (TPSA) is 55.8 Å². The van der Waals surface area contributed by atoms with E-state index in [1.54, 1.807) is 29.3 Å². The molecule has 0 fully saturated rings. The normalized spacial score (nSPS) is 13.8. The smallest absolute Gasteiger partial charge is 0.355 e. The van der Waals surface area contributed by atoms with Gasteiger partial charge in [-0.1, -0.05) is 13.0 Å². The largest absolute Gasteiger partial charge is 0.465 e. The van der Waals surface area contributed by atoms with Crippen LogP contribution in [-0.2, 0) is 25.5 Å². The molecule has 1 aliphatic heterocycles. The minimum atomic E-state index is -0.604. The molecule has 1 aromatic carbocycles. The minimum absolute atomic E-state index is 0.130. The van der Waals surface area contributed by atoms with Crippen LogP contribution < -0.4 is 4.90 Å². The molecule has 6 heteroatoms. The Hall–Kier alpha value is -2.09. The van der Waals surface area contributed by atoms with Crippen LogP contribution in [0.2, 0.25) is 0 Å². The molecule has 126 valence electrons. The van der Waals surface area contributed by atoms with Crippen molar-refractivity contribution in [1.29, 1.82) is 0 Å². The second kappa shape index (κ2) is 8.14. The van der Waals surface area contributed by atoms with E-state index >= 15 is 0 Å². The Morgan fingerprint density at radius 3 is 2.46 bits per heavy atom. The lowest BCUT2D eigenvalue weighted by atomic mass is 10.1. The molecular weight excluding hydrogens is 421 g/mol.